The normalized spacial score (nSPS) is 8.91. The number of anilines is 3. The molecule has 7 nitrogen and oxygen atoms in total. The third-order valence-electron chi connectivity index (χ3n) is 2.69. The first-order chi connectivity index (χ1) is 11.1. The Morgan fingerprint density at radius 2 is 1.48 bits per heavy atom. The maximum atomic E-state index is 10.7. The molecular formula is C16H17N3O4. The Morgan fingerprint density at radius 3 is 2.00 bits per heavy atom. The minimum absolute atomic E-state index is 0.126. The molecule has 2 amide bonds. The maximum absolute atomic E-state index is 10.7. The zero-order valence-corrected chi connectivity index (χ0v) is 12.4. The average molecular weight is 315 g/mol. The monoisotopic (exact) mass is 315 g/mol. The summed E-state index contributed by atoms with van der Waals surface area (Å²) >= 11 is 0. The molecule has 7 heteroatoms. The van der Waals surface area contributed by atoms with Crippen molar-refractivity contribution < 1.29 is 19.5 Å². The van der Waals surface area contributed by atoms with Crippen LogP contribution in [0.1, 0.15) is 10.4 Å². The summed E-state index contributed by atoms with van der Waals surface area (Å²) in [6, 6.07) is 13.8. The van der Waals surface area contributed by atoms with Gasteiger partial charge in [-0.3, -0.25) is 9.59 Å². The van der Waals surface area contributed by atoms with Crippen LogP contribution in [-0.2, 0) is 9.59 Å². The lowest BCUT2D eigenvalue weighted by molar-refractivity contribution is -0.106. The van der Waals surface area contributed by atoms with Crippen LogP contribution in [0.25, 0.3) is 0 Å². The lowest BCUT2D eigenvalue weighted by atomic mass is 10.1. The number of para-hydroxylation sites is 1. The van der Waals surface area contributed by atoms with E-state index in [1.807, 2.05) is 30.3 Å². The fraction of sp³-hybridized carbons (Fsp3) is 0.0625. The number of carboxylic acids is 1. The Hall–Kier alpha value is -3.35. The zero-order chi connectivity index (χ0) is 17.1. The highest BCUT2D eigenvalue weighted by molar-refractivity contribution is 5.91. The number of rotatable bonds is 6. The maximum Gasteiger partial charge on any atom is 0.335 e. The fourth-order valence-electron chi connectivity index (χ4n) is 1.65. The summed E-state index contributed by atoms with van der Waals surface area (Å²) in [6.45, 7) is 0. The van der Waals surface area contributed by atoms with Crippen LogP contribution in [0, 0.1) is 0 Å². The van der Waals surface area contributed by atoms with Crippen molar-refractivity contribution in [3.05, 3.63) is 54.1 Å². The van der Waals surface area contributed by atoms with E-state index < -0.39 is 5.97 Å². The fourth-order valence-corrected chi connectivity index (χ4v) is 1.65. The second kappa shape index (κ2) is 9.56. The van der Waals surface area contributed by atoms with E-state index in [9.17, 15) is 14.4 Å². The first-order valence-electron chi connectivity index (χ1n) is 6.62. The first kappa shape index (κ1) is 17.7. The smallest absolute Gasteiger partial charge is 0.335 e. The van der Waals surface area contributed by atoms with E-state index in [0.29, 0.717) is 24.2 Å². The van der Waals surface area contributed by atoms with E-state index in [0.717, 1.165) is 5.69 Å². The summed E-state index contributed by atoms with van der Waals surface area (Å²) < 4.78 is 0. The van der Waals surface area contributed by atoms with Crippen molar-refractivity contribution in [1.82, 2.24) is 0 Å². The van der Waals surface area contributed by atoms with Crippen LogP contribution in [0.15, 0.2) is 48.5 Å². The molecule has 0 atom stereocenters. The Balaban J connectivity index is 0.000000253. The van der Waals surface area contributed by atoms with Crippen LogP contribution >= 0.6 is 0 Å². The van der Waals surface area contributed by atoms with E-state index in [-0.39, 0.29) is 5.56 Å². The number of hydrogen-bond donors (Lipinski definition) is 4. The van der Waals surface area contributed by atoms with Gasteiger partial charge in [0.1, 0.15) is 0 Å². The van der Waals surface area contributed by atoms with Gasteiger partial charge in [0, 0.05) is 24.1 Å². The number of carbonyl (C=O) groups excluding carboxylic acids is 2. The summed E-state index contributed by atoms with van der Waals surface area (Å²) in [5.41, 5.74) is 2.03. The summed E-state index contributed by atoms with van der Waals surface area (Å²) in [5.74, 6) is -1.03. The van der Waals surface area contributed by atoms with Gasteiger partial charge in [0.15, 0.2) is 0 Å². The third-order valence-corrected chi connectivity index (χ3v) is 2.69. The van der Waals surface area contributed by atoms with Crippen LogP contribution in [0.2, 0.25) is 0 Å². The van der Waals surface area contributed by atoms with Gasteiger partial charge >= 0.3 is 5.97 Å². The first-order valence-corrected chi connectivity index (χ1v) is 6.62. The molecule has 2 aromatic carbocycles. The van der Waals surface area contributed by atoms with Gasteiger partial charge in [-0.2, -0.15) is 0 Å². The largest absolute Gasteiger partial charge is 0.478 e. The number of aromatic carboxylic acids is 1. The van der Waals surface area contributed by atoms with Crippen molar-refractivity contribution in [3.63, 3.8) is 0 Å². The SMILES string of the molecule is CNc1cc(NC=O)cc(C(=O)O)c1.O=CNc1ccccc1. The van der Waals surface area contributed by atoms with Gasteiger partial charge in [-0.15, -0.1) is 0 Å². The molecule has 0 aliphatic rings. The van der Waals surface area contributed by atoms with Crippen LogP contribution in [0.3, 0.4) is 0 Å². The van der Waals surface area contributed by atoms with Gasteiger partial charge in [-0.05, 0) is 30.3 Å². The number of benzene rings is 2. The van der Waals surface area contributed by atoms with Crippen LogP contribution in [0.5, 0.6) is 0 Å². The van der Waals surface area contributed by atoms with Crippen LogP contribution < -0.4 is 16.0 Å². The quantitative estimate of drug-likeness (QED) is 0.612. The zero-order valence-electron chi connectivity index (χ0n) is 12.4. The van der Waals surface area contributed by atoms with E-state index in [1.54, 1.807) is 13.1 Å². The van der Waals surface area contributed by atoms with Gasteiger partial charge in [-0.1, -0.05) is 18.2 Å². The predicted molar refractivity (Wildman–Crippen MR) is 88.8 cm³/mol. The Morgan fingerprint density at radius 1 is 0.913 bits per heavy atom. The molecule has 0 saturated carbocycles. The molecule has 0 heterocycles. The number of carboxylic acid groups (broad SMARTS) is 1. The topological polar surface area (TPSA) is 108 Å². The molecule has 0 fully saturated rings. The van der Waals surface area contributed by atoms with E-state index in [1.165, 1.54) is 12.1 Å². The van der Waals surface area contributed by atoms with Gasteiger partial charge < -0.3 is 21.1 Å². The molecule has 0 radical (unpaired) electrons. The molecule has 0 aromatic heterocycles. The number of amides is 2. The summed E-state index contributed by atoms with van der Waals surface area (Å²) in [7, 11) is 1.67. The Kier molecular flexibility index (Phi) is 7.36. The molecule has 0 unspecified atom stereocenters. The predicted octanol–water partition coefficient (Wildman–Crippen LogP) is 2.25. The molecule has 4 N–H and O–H groups in total. The van der Waals surface area contributed by atoms with Crippen LogP contribution in [0.4, 0.5) is 17.1 Å². The van der Waals surface area contributed by atoms with Crippen molar-refractivity contribution >= 4 is 35.9 Å². The minimum Gasteiger partial charge on any atom is -0.478 e. The highest BCUT2D eigenvalue weighted by Gasteiger charge is 2.05. The molecule has 0 spiro atoms. The minimum atomic E-state index is -1.03. The molecular weight excluding hydrogens is 298 g/mol. The standard InChI is InChI=1S/C9H10N2O3.C7H7NO/c1-10-7-2-6(9(13)14)3-8(4-7)11-5-12;9-6-8-7-4-2-1-3-5-7/h2-5,10H,1H3,(H,11,12)(H,13,14);1-6H,(H,8,9). The second-order valence-electron chi connectivity index (χ2n) is 4.24. The second-order valence-corrected chi connectivity index (χ2v) is 4.24. The molecule has 120 valence electrons. The average Bonchev–Trinajstić information content (AvgIpc) is 2.56. The number of nitrogens with one attached hydrogen (secondary N) is 3. The molecule has 0 aliphatic heterocycles. The van der Waals surface area contributed by atoms with Gasteiger partial charge in [0.25, 0.3) is 0 Å². The van der Waals surface area contributed by atoms with Crippen molar-refractivity contribution in [1.29, 1.82) is 0 Å². The van der Waals surface area contributed by atoms with E-state index in [2.05, 4.69) is 16.0 Å². The highest BCUT2D eigenvalue weighted by atomic mass is 16.4. The van der Waals surface area contributed by atoms with E-state index in [4.69, 9.17) is 5.11 Å². The Labute approximate surface area is 133 Å². The molecule has 0 bridgehead atoms. The van der Waals surface area contributed by atoms with Gasteiger partial charge in [0.2, 0.25) is 12.8 Å². The van der Waals surface area contributed by atoms with Gasteiger partial charge in [0.05, 0.1) is 5.56 Å². The molecule has 0 aliphatic carbocycles. The lowest BCUT2D eigenvalue weighted by Crippen LogP contribution is -2.02. The third kappa shape index (κ3) is 6.30. The number of carbonyl (C=O) groups is 3. The molecule has 23 heavy (non-hydrogen) atoms. The molecule has 2 aromatic rings. The van der Waals surface area contributed by atoms with Crippen molar-refractivity contribution in [2.24, 2.45) is 0 Å². The number of hydrogen-bond acceptors (Lipinski definition) is 4. The van der Waals surface area contributed by atoms with E-state index >= 15 is 0 Å². The summed E-state index contributed by atoms with van der Waals surface area (Å²) in [4.78, 5) is 30.7. The molecule has 2 rings (SSSR count). The van der Waals surface area contributed by atoms with Crippen molar-refractivity contribution in [3.8, 4) is 0 Å². The highest BCUT2D eigenvalue weighted by Crippen LogP contribution is 2.18. The summed E-state index contributed by atoms with van der Waals surface area (Å²) in [6.07, 6.45) is 1.16. The van der Waals surface area contributed by atoms with Crippen molar-refractivity contribution in [2.75, 3.05) is 23.0 Å². The molecule has 0 saturated heterocycles. The van der Waals surface area contributed by atoms with Crippen molar-refractivity contribution in [2.45, 2.75) is 0 Å². The van der Waals surface area contributed by atoms with Crippen LogP contribution in [-0.4, -0.2) is 30.9 Å². The Bertz CT molecular complexity index is 660. The lowest BCUT2D eigenvalue weighted by Gasteiger charge is -2.05. The van der Waals surface area contributed by atoms with Gasteiger partial charge in [-0.25, -0.2) is 4.79 Å². The summed E-state index contributed by atoms with van der Waals surface area (Å²) in [5, 5.41) is 16.5.